The Morgan fingerprint density at radius 2 is 1.84 bits per heavy atom. The van der Waals surface area contributed by atoms with E-state index in [-0.39, 0.29) is 12.4 Å². The Labute approximate surface area is 220 Å². The topological polar surface area (TPSA) is 124 Å². The van der Waals surface area contributed by atoms with Crippen LogP contribution in [0.3, 0.4) is 0 Å². The highest BCUT2D eigenvalue weighted by Crippen LogP contribution is 2.37. The Kier molecular flexibility index (Phi) is 8.65. The molecule has 0 aliphatic carbocycles. The van der Waals surface area contributed by atoms with Crippen LogP contribution >= 0.6 is 11.6 Å². The first kappa shape index (κ1) is 27.3. The number of nitrogens with zero attached hydrogens (tertiary/aromatic N) is 4. The van der Waals surface area contributed by atoms with Gasteiger partial charge in [0, 0.05) is 13.3 Å². The third kappa shape index (κ3) is 5.73. The Bertz CT molecular complexity index is 1290. The smallest absolute Gasteiger partial charge is 0.169 e. The zero-order chi connectivity index (χ0) is 26.6. The third-order valence-electron chi connectivity index (χ3n) is 6.10. The summed E-state index contributed by atoms with van der Waals surface area (Å²) in [5.41, 5.74) is 0.909. The monoisotopic (exact) mass is 552 g/mol. The largest absolute Gasteiger partial charge is 0.494 e. The number of benzene rings is 1. The molecule has 0 bridgehead atoms. The minimum atomic E-state index is -3.84. The van der Waals surface area contributed by atoms with E-state index < -0.39 is 33.0 Å². The van der Waals surface area contributed by atoms with E-state index in [0.717, 1.165) is 0 Å². The standard InChI is InChI=1S/C24H29ClN4O7S/c1-15(23(34-4)17-9-8-16(25)12-26-17)37(30,31)14-21-27-28-24(20-13-35-10-11-36-20)29(21)22-18(32-2)6-5-7-19(22)33-3/h5-9,12,15,20,23H,10-11,13-14H2,1-4H3/t15-,20+,23-/m0/s1. The lowest BCUT2D eigenvalue weighted by atomic mass is 10.2. The van der Waals surface area contributed by atoms with Crippen molar-refractivity contribution < 1.29 is 32.1 Å². The summed E-state index contributed by atoms with van der Waals surface area (Å²) in [6.45, 7) is 2.64. The molecule has 3 aromatic rings. The maximum atomic E-state index is 13.7. The van der Waals surface area contributed by atoms with Gasteiger partial charge >= 0.3 is 0 Å². The highest BCUT2D eigenvalue weighted by atomic mass is 35.5. The number of halogens is 1. The molecule has 0 radical (unpaired) electrons. The number of ether oxygens (including phenoxy) is 5. The number of sulfone groups is 1. The van der Waals surface area contributed by atoms with Gasteiger partial charge < -0.3 is 23.7 Å². The fourth-order valence-corrected chi connectivity index (χ4v) is 5.72. The molecular formula is C24H29ClN4O7S. The molecule has 13 heteroatoms. The van der Waals surface area contributed by atoms with Crippen molar-refractivity contribution in [1.82, 2.24) is 19.7 Å². The van der Waals surface area contributed by atoms with Gasteiger partial charge in [-0.2, -0.15) is 0 Å². The minimum absolute atomic E-state index is 0.165. The van der Waals surface area contributed by atoms with Crippen molar-refractivity contribution in [3.8, 4) is 17.2 Å². The van der Waals surface area contributed by atoms with Crippen molar-refractivity contribution in [3.05, 3.63) is 58.9 Å². The highest BCUT2D eigenvalue weighted by Gasteiger charge is 2.35. The van der Waals surface area contributed by atoms with Crippen LogP contribution in [0.5, 0.6) is 11.5 Å². The number of methoxy groups -OCH3 is 3. The van der Waals surface area contributed by atoms with Crippen molar-refractivity contribution in [2.75, 3.05) is 41.2 Å². The SMILES string of the molecule is COc1cccc(OC)c1-n1c(CS(=O)(=O)[C@@H](C)[C@H](OC)c2ccc(Cl)cn2)nnc1[C@H]1COCCO1. The molecule has 37 heavy (non-hydrogen) atoms. The fourth-order valence-electron chi connectivity index (χ4n) is 4.17. The van der Waals surface area contributed by atoms with E-state index in [9.17, 15) is 8.42 Å². The lowest BCUT2D eigenvalue weighted by Gasteiger charge is -2.25. The molecule has 0 amide bonds. The van der Waals surface area contributed by atoms with Gasteiger partial charge in [0.05, 0.1) is 50.0 Å². The van der Waals surface area contributed by atoms with Crippen LogP contribution in [0.4, 0.5) is 0 Å². The van der Waals surface area contributed by atoms with Crippen LogP contribution in [0.15, 0.2) is 36.5 Å². The number of hydrogen-bond donors (Lipinski definition) is 0. The summed E-state index contributed by atoms with van der Waals surface area (Å²) < 4.78 is 57.2. The number of hydrogen-bond acceptors (Lipinski definition) is 10. The second-order valence-corrected chi connectivity index (χ2v) is 11.1. The molecule has 200 valence electrons. The molecule has 3 heterocycles. The van der Waals surface area contributed by atoms with E-state index in [1.807, 2.05) is 0 Å². The predicted octanol–water partition coefficient (Wildman–Crippen LogP) is 3.11. The molecule has 2 aromatic heterocycles. The second-order valence-electron chi connectivity index (χ2n) is 8.33. The minimum Gasteiger partial charge on any atom is -0.494 e. The molecule has 4 rings (SSSR count). The predicted molar refractivity (Wildman–Crippen MR) is 135 cm³/mol. The van der Waals surface area contributed by atoms with Gasteiger partial charge in [0.15, 0.2) is 21.5 Å². The second kappa shape index (κ2) is 11.7. The first-order chi connectivity index (χ1) is 17.8. The summed E-state index contributed by atoms with van der Waals surface area (Å²) >= 11 is 5.95. The molecule has 1 fully saturated rings. The molecule has 0 saturated carbocycles. The van der Waals surface area contributed by atoms with Crippen molar-refractivity contribution in [2.45, 2.75) is 30.1 Å². The van der Waals surface area contributed by atoms with Gasteiger partial charge in [0.25, 0.3) is 0 Å². The molecule has 0 unspecified atom stereocenters. The Morgan fingerprint density at radius 3 is 2.41 bits per heavy atom. The maximum Gasteiger partial charge on any atom is 0.169 e. The van der Waals surface area contributed by atoms with Crippen molar-refractivity contribution >= 4 is 21.4 Å². The molecule has 1 saturated heterocycles. The molecule has 1 aliphatic rings. The van der Waals surface area contributed by atoms with Gasteiger partial charge in [-0.3, -0.25) is 9.55 Å². The van der Waals surface area contributed by atoms with Gasteiger partial charge in [-0.15, -0.1) is 10.2 Å². The molecule has 11 nitrogen and oxygen atoms in total. The molecule has 3 atom stereocenters. The van der Waals surface area contributed by atoms with Crippen LogP contribution in [0.25, 0.3) is 5.69 Å². The van der Waals surface area contributed by atoms with Crippen LogP contribution in [-0.2, 0) is 29.8 Å². The summed E-state index contributed by atoms with van der Waals surface area (Å²) in [6, 6.07) is 8.54. The average molecular weight is 553 g/mol. The zero-order valence-electron chi connectivity index (χ0n) is 21.0. The van der Waals surface area contributed by atoms with E-state index in [1.54, 1.807) is 41.8 Å². The lowest BCUT2D eigenvalue weighted by molar-refractivity contribution is -0.0942. The summed E-state index contributed by atoms with van der Waals surface area (Å²) in [7, 11) is 0.628. The summed E-state index contributed by atoms with van der Waals surface area (Å²) in [5, 5.41) is 8.06. The van der Waals surface area contributed by atoms with Crippen LogP contribution in [0, 0.1) is 0 Å². The first-order valence-corrected chi connectivity index (χ1v) is 13.6. The van der Waals surface area contributed by atoms with Crippen LogP contribution in [0.1, 0.15) is 36.5 Å². The van der Waals surface area contributed by atoms with Crippen molar-refractivity contribution in [1.29, 1.82) is 0 Å². The van der Waals surface area contributed by atoms with Gasteiger partial charge in [0.2, 0.25) is 0 Å². The number of para-hydroxylation sites is 1. The Morgan fingerprint density at radius 1 is 1.11 bits per heavy atom. The normalized spacial score (nSPS) is 17.8. The van der Waals surface area contributed by atoms with E-state index >= 15 is 0 Å². The maximum absolute atomic E-state index is 13.7. The van der Waals surface area contributed by atoms with E-state index in [0.29, 0.717) is 46.9 Å². The highest BCUT2D eigenvalue weighted by molar-refractivity contribution is 7.91. The Hall–Kier alpha value is -2.77. The van der Waals surface area contributed by atoms with Crippen LogP contribution in [0.2, 0.25) is 5.02 Å². The average Bonchev–Trinajstić information content (AvgIpc) is 3.32. The molecule has 1 aromatic carbocycles. The van der Waals surface area contributed by atoms with Gasteiger partial charge in [-0.1, -0.05) is 17.7 Å². The molecule has 1 aliphatic heterocycles. The Balaban J connectivity index is 1.78. The third-order valence-corrected chi connectivity index (χ3v) is 8.37. The number of rotatable bonds is 10. The molecular weight excluding hydrogens is 524 g/mol. The lowest BCUT2D eigenvalue weighted by Crippen LogP contribution is -2.30. The first-order valence-electron chi connectivity index (χ1n) is 11.5. The number of pyridine rings is 1. The molecule has 0 spiro atoms. The van der Waals surface area contributed by atoms with Gasteiger partial charge in [-0.25, -0.2) is 8.42 Å². The van der Waals surface area contributed by atoms with Crippen molar-refractivity contribution in [2.24, 2.45) is 0 Å². The van der Waals surface area contributed by atoms with Gasteiger partial charge in [0.1, 0.15) is 35.1 Å². The fraction of sp³-hybridized carbons (Fsp3) is 0.458. The number of aromatic nitrogens is 4. The van der Waals surface area contributed by atoms with Crippen molar-refractivity contribution in [3.63, 3.8) is 0 Å². The molecule has 0 N–H and O–H groups in total. The van der Waals surface area contributed by atoms with E-state index in [4.69, 9.17) is 35.3 Å². The summed E-state index contributed by atoms with van der Waals surface area (Å²) in [4.78, 5) is 4.25. The summed E-state index contributed by atoms with van der Waals surface area (Å²) in [6.07, 6.45) is 0.0643. The van der Waals surface area contributed by atoms with E-state index in [2.05, 4.69) is 15.2 Å². The zero-order valence-corrected chi connectivity index (χ0v) is 22.5. The quantitative estimate of drug-likeness (QED) is 0.370. The van der Waals surface area contributed by atoms with Crippen LogP contribution < -0.4 is 9.47 Å². The van der Waals surface area contributed by atoms with E-state index in [1.165, 1.54) is 27.5 Å². The van der Waals surface area contributed by atoms with Crippen LogP contribution in [-0.4, -0.2) is 74.6 Å². The van der Waals surface area contributed by atoms with Gasteiger partial charge in [-0.05, 0) is 31.2 Å². The summed E-state index contributed by atoms with van der Waals surface area (Å²) in [5.74, 6) is 0.998.